The summed E-state index contributed by atoms with van der Waals surface area (Å²) in [5, 5.41) is 0. The Hall–Kier alpha value is -3.84. The number of hydrogen-bond acceptors (Lipinski definition) is 7. The maximum atomic E-state index is 12.5. The molecule has 33 heavy (non-hydrogen) atoms. The molecular weight excluding hydrogens is 424 g/mol. The van der Waals surface area contributed by atoms with Crippen LogP contribution in [-0.2, 0) is 27.4 Å². The minimum absolute atomic E-state index is 0.0701. The summed E-state index contributed by atoms with van der Waals surface area (Å²) < 4.78 is 27.9. The van der Waals surface area contributed by atoms with E-state index in [0.717, 1.165) is 11.1 Å². The first kappa shape index (κ1) is 22.4. The molecule has 0 unspecified atom stereocenters. The number of cyclic esters (lactones) is 2. The molecule has 0 atom stereocenters. The second-order valence-corrected chi connectivity index (χ2v) is 7.22. The Bertz CT molecular complexity index is 1020. The number of benzene rings is 3. The molecule has 1 aliphatic heterocycles. The van der Waals surface area contributed by atoms with Gasteiger partial charge in [-0.1, -0.05) is 48.5 Å². The van der Waals surface area contributed by atoms with Crippen LogP contribution in [-0.4, -0.2) is 38.4 Å². The maximum absolute atomic E-state index is 12.5. The first-order valence-corrected chi connectivity index (χ1v) is 10.6. The fourth-order valence-corrected chi connectivity index (χ4v) is 3.32. The highest BCUT2D eigenvalue weighted by Gasteiger charge is 2.16. The Morgan fingerprint density at radius 2 is 0.909 bits per heavy atom. The van der Waals surface area contributed by atoms with Crippen molar-refractivity contribution in [2.45, 2.75) is 13.2 Å². The smallest absolute Gasteiger partial charge is 0.342 e. The Balaban J connectivity index is 1.59. The molecular formula is C26H24O7. The van der Waals surface area contributed by atoms with Gasteiger partial charge in [0.25, 0.3) is 0 Å². The van der Waals surface area contributed by atoms with Crippen LogP contribution in [0, 0.1) is 0 Å². The number of fused-ring (bicyclic) bond motifs is 3. The van der Waals surface area contributed by atoms with E-state index in [9.17, 15) is 9.59 Å². The summed E-state index contributed by atoms with van der Waals surface area (Å²) in [6.45, 7) is 0.966. The van der Waals surface area contributed by atoms with Crippen molar-refractivity contribution in [3.8, 4) is 11.5 Å². The van der Waals surface area contributed by atoms with E-state index in [-0.39, 0.29) is 39.6 Å². The van der Waals surface area contributed by atoms with Crippen LogP contribution in [0.4, 0.5) is 0 Å². The molecule has 7 nitrogen and oxygen atoms in total. The number of ether oxygens (including phenoxy) is 5. The molecule has 0 N–H and O–H groups in total. The average Bonchev–Trinajstić information content (AvgIpc) is 2.85. The summed E-state index contributed by atoms with van der Waals surface area (Å²) in [6, 6.07) is 21.6. The van der Waals surface area contributed by atoms with Gasteiger partial charge in [0, 0.05) is 0 Å². The molecule has 0 saturated heterocycles. The Labute approximate surface area is 191 Å². The van der Waals surface area contributed by atoms with Gasteiger partial charge in [-0.25, -0.2) is 9.59 Å². The fraction of sp³-hybridized carbons (Fsp3) is 0.231. The molecule has 170 valence electrons. The fourth-order valence-electron chi connectivity index (χ4n) is 3.32. The van der Waals surface area contributed by atoms with Crippen molar-refractivity contribution in [2.24, 2.45) is 0 Å². The van der Waals surface area contributed by atoms with E-state index in [1.54, 1.807) is 48.5 Å². The normalized spacial score (nSPS) is 15.5. The van der Waals surface area contributed by atoms with Crippen LogP contribution in [0.25, 0.3) is 0 Å². The van der Waals surface area contributed by atoms with Gasteiger partial charge >= 0.3 is 11.9 Å². The minimum Gasteiger partial charge on any atom is -0.488 e. The van der Waals surface area contributed by atoms with E-state index in [1.807, 2.05) is 24.3 Å². The predicted octanol–water partition coefficient (Wildman–Crippen LogP) is 4.19. The quantitative estimate of drug-likeness (QED) is 0.477. The number of hydrogen-bond donors (Lipinski definition) is 0. The van der Waals surface area contributed by atoms with Crippen LogP contribution < -0.4 is 9.47 Å². The molecule has 0 fully saturated rings. The maximum Gasteiger partial charge on any atom is 0.342 e. The Morgan fingerprint density at radius 3 is 1.39 bits per heavy atom. The largest absolute Gasteiger partial charge is 0.488 e. The van der Waals surface area contributed by atoms with Gasteiger partial charge in [0.1, 0.15) is 49.1 Å². The zero-order valence-electron chi connectivity index (χ0n) is 18.0. The first-order chi connectivity index (χ1) is 16.2. The Kier molecular flexibility index (Phi) is 7.56. The van der Waals surface area contributed by atoms with Gasteiger partial charge in [-0.15, -0.1) is 0 Å². The molecule has 1 heterocycles. The topological polar surface area (TPSA) is 80.3 Å². The molecule has 0 saturated carbocycles. The van der Waals surface area contributed by atoms with Crippen molar-refractivity contribution in [3.63, 3.8) is 0 Å². The van der Waals surface area contributed by atoms with E-state index < -0.39 is 11.9 Å². The molecule has 0 aliphatic carbocycles. The number of carbonyl (C=O) groups excluding carboxylic acids is 2. The van der Waals surface area contributed by atoms with Crippen LogP contribution in [0.2, 0.25) is 0 Å². The van der Waals surface area contributed by atoms with Crippen LogP contribution in [0.15, 0.2) is 72.8 Å². The Morgan fingerprint density at radius 1 is 0.485 bits per heavy atom. The highest BCUT2D eigenvalue weighted by molar-refractivity contribution is 5.93. The lowest BCUT2D eigenvalue weighted by atomic mass is 10.1. The van der Waals surface area contributed by atoms with E-state index >= 15 is 0 Å². The summed E-state index contributed by atoms with van der Waals surface area (Å²) in [5.74, 6) is -0.126. The predicted molar refractivity (Wildman–Crippen MR) is 119 cm³/mol. The minimum atomic E-state index is -0.495. The zero-order valence-corrected chi connectivity index (χ0v) is 18.0. The van der Waals surface area contributed by atoms with Crippen LogP contribution in [0.1, 0.15) is 31.8 Å². The van der Waals surface area contributed by atoms with Crippen molar-refractivity contribution < 1.29 is 33.3 Å². The molecule has 0 radical (unpaired) electrons. The van der Waals surface area contributed by atoms with E-state index in [1.165, 1.54) is 0 Å². The molecule has 0 aromatic heterocycles. The number of carbonyl (C=O) groups is 2. The van der Waals surface area contributed by atoms with Crippen molar-refractivity contribution >= 4 is 11.9 Å². The van der Waals surface area contributed by atoms with Gasteiger partial charge in [0.2, 0.25) is 0 Å². The third kappa shape index (κ3) is 5.90. The molecule has 0 spiro atoms. The lowest BCUT2D eigenvalue weighted by Gasteiger charge is -2.15. The highest BCUT2D eigenvalue weighted by atomic mass is 16.6. The standard InChI is InChI=1S/C26H24O7/c27-25-21-9-3-5-11-23(21)32-17-19-7-1-2-8-20(19)18-33-24-12-6-4-10-22(24)26(28)31-16-14-29-13-15-30-25/h1-12H,13-18H2. The summed E-state index contributed by atoms with van der Waals surface area (Å²) in [7, 11) is 0. The van der Waals surface area contributed by atoms with Crippen molar-refractivity contribution in [2.75, 3.05) is 26.4 Å². The van der Waals surface area contributed by atoms with Crippen LogP contribution >= 0.6 is 0 Å². The van der Waals surface area contributed by atoms with Gasteiger partial charge in [-0.2, -0.15) is 0 Å². The third-order valence-corrected chi connectivity index (χ3v) is 5.02. The van der Waals surface area contributed by atoms with E-state index in [4.69, 9.17) is 23.7 Å². The second kappa shape index (κ2) is 11.2. The number of rotatable bonds is 0. The zero-order chi connectivity index (χ0) is 22.9. The summed E-state index contributed by atoms with van der Waals surface area (Å²) in [6.07, 6.45) is 0. The van der Waals surface area contributed by atoms with Gasteiger partial charge in [-0.3, -0.25) is 0 Å². The molecule has 1 aliphatic rings. The van der Waals surface area contributed by atoms with E-state index in [0.29, 0.717) is 22.6 Å². The van der Waals surface area contributed by atoms with Crippen LogP contribution in [0.3, 0.4) is 0 Å². The van der Waals surface area contributed by atoms with Gasteiger partial charge in [-0.05, 0) is 35.4 Å². The van der Waals surface area contributed by atoms with Crippen molar-refractivity contribution in [1.29, 1.82) is 0 Å². The second-order valence-electron chi connectivity index (χ2n) is 7.22. The third-order valence-electron chi connectivity index (χ3n) is 5.02. The summed E-state index contributed by atoms with van der Waals surface area (Å²) in [5.41, 5.74) is 2.47. The number of esters is 2. The lowest BCUT2D eigenvalue weighted by molar-refractivity contribution is 0.0148. The molecule has 0 bridgehead atoms. The SMILES string of the molecule is O=C1OCCOCCOC(=O)c2ccccc2OCc2ccccc2COc2ccccc21. The van der Waals surface area contributed by atoms with Crippen LogP contribution in [0.5, 0.6) is 11.5 Å². The van der Waals surface area contributed by atoms with E-state index in [2.05, 4.69) is 0 Å². The molecule has 4 rings (SSSR count). The molecule has 0 amide bonds. The summed E-state index contributed by atoms with van der Waals surface area (Å²) >= 11 is 0. The van der Waals surface area contributed by atoms with Gasteiger partial charge in [0.15, 0.2) is 0 Å². The highest BCUT2D eigenvalue weighted by Crippen LogP contribution is 2.24. The van der Waals surface area contributed by atoms with Gasteiger partial charge in [0.05, 0.1) is 13.2 Å². The van der Waals surface area contributed by atoms with Crippen molar-refractivity contribution in [3.05, 3.63) is 95.1 Å². The van der Waals surface area contributed by atoms with Gasteiger partial charge < -0.3 is 23.7 Å². The van der Waals surface area contributed by atoms with Crippen molar-refractivity contribution in [1.82, 2.24) is 0 Å². The molecule has 3 aromatic rings. The molecule has 3 aromatic carbocycles. The summed E-state index contributed by atoms with van der Waals surface area (Å²) in [4.78, 5) is 25.0. The number of para-hydroxylation sites is 2. The average molecular weight is 448 g/mol. The monoisotopic (exact) mass is 448 g/mol. The first-order valence-electron chi connectivity index (χ1n) is 10.6. The molecule has 7 heteroatoms. The lowest BCUT2D eigenvalue weighted by Crippen LogP contribution is -2.15.